The molecule has 0 aliphatic rings. The Morgan fingerprint density at radius 3 is 2.62 bits per heavy atom. The number of rotatable bonds is 3. The molecule has 0 saturated heterocycles. The first-order chi connectivity index (χ1) is 7.06. The molecule has 0 saturated carbocycles. The van der Waals surface area contributed by atoms with Crippen LogP contribution in [0.3, 0.4) is 0 Å². The normalized spacial score (nSPS) is 12.8. The Labute approximate surface area is 118 Å². The van der Waals surface area contributed by atoms with Gasteiger partial charge in [-0.2, -0.15) is 0 Å². The van der Waals surface area contributed by atoms with Gasteiger partial charge in [-0.05, 0) is 25.0 Å². The van der Waals surface area contributed by atoms with Crippen molar-refractivity contribution < 1.29 is 48.2 Å². The van der Waals surface area contributed by atoms with Gasteiger partial charge in [0.2, 0.25) is 0 Å². The van der Waals surface area contributed by atoms with Gasteiger partial charge in [0.05, 0.1) is 12.8 Å². The van der Waals surface area contributed by atoms with Crippen molar-refractivity contribution in [1.82, 2.24) is 0 Å². The number of ether oxygens (including phenoxy) is 1. The molecule has 0 amide bonds. The Morgan fingerprint density at radius 1 is 1.56 bits per heavy atom. The molecule has 1 unspecified atom stereocenters. The van der Waals surface area contributed by atoms with E-state index in [1.807, 2.05) is 0 Å². The minimum atomic E-state index is -2.24. The summed E-state index contributed by atoms with van der Waals surface area (Å²) >= 11 is -2.24. The molecule has 1 N–H and O–H groups in total. The molecule has 7 heteroatoms. The molecular weight excluding hydrogens is 241 g/mol. The zero-order chi connectivity index (χ0) is 11.4. The first kappa shape index (κ1) is 15.6. The Balaban J connectivity index is 0.00000225. The average Bonchev–Trinajstić information content (AvgIpc) is 2.15. The maximum atomic E-state index is 11.0. The number of hydrogen-bond acceptors (Lipinski definition) is 4. The smallest absolute Gasteiger partial charge is 0.862 e. The molecule has 0 bridgehead atoms. The van der Waals surface area contributed by atoms with Crippen LogP contribution in [0.25, 0.3) is 0 Å². The fourth-order valence-electron chi connectivity index (χ4n) is 1.10. The van der Waals surface area contributed by atoms with E-state index in [1.165, 1.54) is 26.2 Å². The van der Waals surface area contributed by atoms with Crippen LogP contribution in [-0.4, -0.2) is 21.8 Å². The van der Waals surface area contributed by atoms with E-state index >= 15 is 0 Å². The van der Waals surface area contributed by atoms with Crippen LogP contribution in [0, 0.1) is 0 Å². The molecule has 16 heavy (non-hydrogen) atoms. The Bertz CT molecular complexity index is 418. The summed E-state index contributed by atoms with van der Waals surface area (Å²) in [6.07, 6.45) is 0. The van der Waals surface area contributed by atoms with E-state index in [0.29, 0.717) is 0 Å². The van der Waals surface area contributed by atoms with E-state index in [0.717, 1.165) is 0 Å². The maximum absolute atomic E-state index is 11.0. The monoisotopic (exact) mass is 251 g/mol. The predicted octanol–water partition coefficient (Wildman–Crippen LogP) is -2.31. The first-order valence-corrected chi connectivity index (χ1v) is 5.17. The van der Waals surface area contributed by atoms with Gasteiger partial charge in [0.25, 0.3) is 0 Å². The summed E-state index contributed by atoms with van der Waals surface area (Å²) in [7, 11) is 1.38. The van der Waals surface area contributed by atoms with Crippen molar-refractivity contribution in [1.29, 1.82) is 0 Å². The van der Waals surface area contributed by atoms with Crippen molar-refractivity contribution in [2.45, 2.75) is 11.8 Å². The quantitative estimate of drug-likeness (QED) is 0.283. The molecule has 0 aliphatic heterocycles. The van der Waals surface area contributed by atoms with Gasteiger partial charge in [0, 0.05) is 0 Å². The maximum Gasteiger partial charge on any atom is 1.00 e. The molecule has 0 aromatic heterocycles. The van der Waals surface area contributed by atoms with Crippen molar-refractivity contribution in [3.63, 3.8) is 0 Å². The standard InChI is InChI=1S/C9H11NO4S.Na/c1-6(11)10-7-4-3-5-8(14-2)9(7)15(12)13;/h3-5H,1-2H3,(H,10,11)(H,12,13);/q;+1/p-1. The fraction of sp³-hybridized carbons (Fsp3) is 0.222. The summed E-state index contributed by atoms with van der Waals surface area (Å²) < 4.78 is 25.0. The van der Waals surface area contributed by atoms with Crippen molar-refractivity contribution in [2.75, 3.05) is 7.11 Å². The number of methoxy groups -OCH3 is 1. The predicted molar refractivity (Wildman–Crippen MR) is 54.8 cm³/mol. The van der Waals surface area contributed by atoms with E-state index < -0.39 is 17.0 Å². The van der Waals surface area contributed by atoms with Crippen LogP contribution in [0.1, 0.15) is 6.92 Å². The van der Waals surface area contributed by atoms with Crippen LogP contribution in [0.5, 0.6) is 5.75 Å². The number of benzene rings is 1. The third-order valence-corrected chi connectivity index (χ3v) is 2.39. The van der Waals surface area contributed by atoms with Crippen molar-refractivity contribution in [3.05, 3.63) is 18.2 Å². The third-order valence-electron chi connectivity index (χ3n) is 1.63. The zero-order valence-electron chi connectivity index (χ0n) is 9.26. The topological polar surface area (TPSA) is 82.0 Å². The van der Waals surface area contributed by atoms with Gasteiger partial charge >= 0.3 is 29.6 Å². The summed E-state index contributed by atoms with van der Waals surface area (Å²) in [5.74, 6) is -0.201. The van der Waals surface area contributed by atoms with E-state index in [4.69, 9.17) is 9.29 Å². The summed E-state index contributed by atoms with van der Waals surface area (Å²) in [5, 5.41) is 10.8. The molecule has 1 aromatic carbocycles. The van der Waals surface area contributed by atoms with Crippen LogP contribution in [-0.2, 0) is 11.1 Å². The molecule has 0 spiro atoms. The first-order valence-electron chi connectivity index (χ1n) is 4.06. The Kier molecular flexibility index (Phi) is 6.85. The minimum Gasteiger partial charge on any atom is -0.862 e. The van der Waals surface area contributed by atoms with Gasteiger partial charge in [-0.25, -0.2) is 4.21 Å². The molecule has 82 valence electrons. The SMILES string of the molecule is COc1cccc(N=C(C)[O-])c1S(=O)O.[Na+]. The van der Waals surface area contributed by atoms with Crippen LogP contribution in [0.4, 0.5) is 5.69 Å². The molecular formula is C9H10NNaO4S. The van der Waals surface area contributed by atoms with E-state index in [9.17, 15) is 9.32 Å². The van der Waals surface area contributed by atoms with Crippen LogP contribution < -0.4 is 39.4 Å². The number of hydrogen-bond donors (Lipinski definition) is 1. The molecule has 1 aromatic rings. The Morgan fingerprint density at radius 2 is 2.19 bits per heavy atom. The largest absolute Gasteiger partial charge is 1.00 e. The molecule has 0 heterocycles. The van der Waals surface area contributed by atoms with Gasteiger partial charge in [0.15, 0.2) is 11.1 Å². The summed E-state index contributed by atoms with van der Waals surface area (Å²) in [6, 6.07) is 4.60. The van der Waals surface area contributed by atoms with E-state index in [-0.39, 0.29) is 45.9 Å². The molecule has 1 rings (SSSR count). The van der Waals surface area contributed by atoms with Gasteiger partial charge in [-0.3, -0.25) is 4.99 Å². The van der Waals surface area contributed by atoms with Crippen molar-refractivity contribution in [2.24, 2.45) is 4.99 Å². The Hall–Kier alpha value is -0.400. The minimum absolute atomic E-state index is 0. The van der Waals surface area contributed by atoms with Crippen molar-refractivity contribution >= 4 is 22.7 Å². The molecule has 5 nitrogen and oxygen atoms in total. The molecule has 0 aliphatic carbocycles. The molecule has 0 radical (unpaired) electrons. The number of nitrogens with zero attached hydrogens (tertiary/aromatic N) is 1. The third kappa shape index (κ3) is 3.88. The second-order valence-electron chi connectivity index (χ2n) is 2.69. The molecule has 1 atom stereocenters. The average molecular weight is 251 g/mol. The summed E-state index contributed by atoms with van der Waals surface area (Å²) in [4.78, 5) is 3.63. The fourth-order valence-corrected chi connectivity index (χ4v) is 1.71. The summed E-state index contributed by atoms with van der Waals surface area (Å²) in [6.45, 7) is 1.27. The summed E-state index contributed by atoms with van der Waals surface area (Å²) in [5.41, 5.74) is 0.155. The van der Waals surface area contributed by atoms with Gasteiger partial charge in [0.1, 0.15) is 10.6 Å². The zero-order valence-corrected chi connectivity index (χ0v) is 12.1. The second-order valence-corrected chi connectivity index (χ2v) is 3.60. The second kappa shape index (κ2) is 7.03. The van der Waals surface area contributed by atoms with Gasteiger partial charge < -0.3 is 14.4 Å². The van der Waals surface area contributed by atoms with E-state index in [2.05, 4.69) is 4.99 Å². The van der Waals surface area contributed by atoms with Gasteiger partial charge in [-0.15, -0.1) is 0 Å². The molecule has 0 fully saturated rings. The van der Waals surface area contributed by atoms with Crippen LogP contribution in [0.15, 0.2) is 28.1 Å². The van der Waals surface area contributed by atoms with Crippen molar-refractivity contribution in [3.8, 4) is 5.75 Å². The van der Waals surface area contributed by atoms with Crippen LogP contribution >= 0.6 is 0 Å². The van der Waals surface area contributed by atoms with E-state index in [1.54, 1.807) is 6.07 Å². The van der Waals surface area contributed by atoms with Gasteiger partial charge in [-0.1, -0.05) is 6.07 Å². The number of aliphatic imine (C=N–C) groups is 1. The van der Waals surface area contributed by atoms with Crippen LogP contribution in [0.2, 0.25) is 0 Å².